The number of carbonyl (C=O) groups is 2. The Kier molecular flexibility index (Phi) is 6.04. The molecule has 3 aromatic carbocycles. The van der Waals surface area contributed by atoms with Gasteiger partial charge in [0.1, 0.15) is 17.4 Å². The van der Waals surface area contributed by atoms with Gasteiger partial charge in [0.15, 0.2) is 5.78 Å². The maximum atomic E-state index is 14.8. The Balaban J connectivity index is 1.43. The molecule has 32 heavy (non-hydrogen) atoms. The van der Waals surface area contributed by atoms with Gasteiger partial charge < -0.3 is 10.0 Å². The zero-order chi connectivity index (χ0) is 22.8. The van der Waals surface area contributed by atoms with Crippen molar-refractivity contribution in [2.24, 2.45) is 5.92 Å². The Labute approximate surface area is 185 Å². The van der Waals surface area contributed by atoms with E-state index in [0.29, 0.717) is 48.2 Å². The number of carbonyl (C=O) groups excluding carboxylic acids is 2. The van der Waals surface area contributed by atoms with E-state index in [1.807, 2.05) is 0 Å². The zero-order valence-electron chi connectivity index (χ0n) is 17.6. The number of piperidine rings is 1. The number of Topliss-reactive ketones (excluding diaryl/α,β-unsaturated/α-hetero) is 1. The van der Waals surface area contributed by atoms with Gasteiger partial charge in [-0.25, -0.2) is 8.78 Å². The van der Waals surface area contributed by atoms with Gasteiger partial charge in [-0.3, -0.25) is 9.59 Å². The molecule has 1 saturated heterocycles. The summed E-state index contributed by atoms with van der Waals surface area (Å²) in [5, 5.41) is 9.38. The van der Waals surface area contributed by atoms with Crippen molar-refractivity contribution >= 4 is 11.7 Å². The van der Waals surface area contributed by atoms with Crippen LogP contribution in [0.25, 0.3) is 11.1 Å². The summed E-state index contributed by atoms with van der Waals surface area (Å²) in [4.78, 5) is 27.2. The van der Waals surface area contributed by atoms with Crippen molar-refractivity contribution < 1.29 is 23.5 Å². The second kappa shape index (κ2) is 8.91. The number of hydrogen-bond acceptors (Lipinski definition) is 3. The molecule has 0 aromatic heterocycles. The van der Waals surface area contributed by atoms with Crippen LogP contribution >= 0.6 is 0 Å². The van der Waals surface area contributed by atoms with E-state index in [4.69, 9.17) is 0 Å². The predicted octanol–water partition coefficient (Wildman–Crippen LogP) is 5.38. The fourth-order valence-electron chi connectivity index (χ4n) is 4.18. The van der Waals surface area contributed by atoms with Crippen LogP contribution in [0.1, 0.15) is 39.1 Å². The molecule has 1 N–H and O–H groups in total. The Morgan fingerprint density at radius 3 is 2.12 bits per heavy atom. The van der Waals surface area contributed by atoms with Crippen LogP contribution < -0.4 is 0 Å². The monoisotopic (exact) mass is 435 g/mol. The minimum Gasteiger partial charge on any atom is -0.508 e. The molecule has 4 rings (SSSR count). The Morgan fingerprint density at radius 1 is 0.875 bits per heavy atom. The average Bonchev–Trinajstić information content (AvgIpc) is 2.79. The van der Waals surface area contributed by atoms with Crippen molar-refractivity contribution in [2.45, 2.75) is 19.8 Å². The van der Waals surface area contributed by atoms with Crippen molar-refractivity contribution in [1.29, 1.82) is 0 Å². The molecule has 1 aliphatic heterocycles. The Morgan fingerprint density at radius 2 is 1.50 bits per heavy atom. The number of phenols is 1. The van der Waals surface area contributed by atoms with Crippen molar-refractivity contribution in [3.63, 3.8) is 0 Å². The number of benzene rings is 3. The second-order valence-electron chi connectivity index (χ2n) is 8.13. The number of hydrogen-bond donors (Lipinski definition) is 1. The number of likely N-dealkylation sites (tertiary alicyclic amines) is 1. The van der Waals surface area contributed by atoms with Crippen LogP contribution in [0.2, 0.25) is 0 Å². The molecule has 164 valence electrons. The summed E-state index contributed by atoms with van der Waals surface area (Å²) in [5.41, 5.74) is 2.30. The van der Waals surface area contributed by atoms with Gasteiger partial charge in [0.2, 0.25) is 0 Å². The lowest BCUT2D eigenvalue weighted by molar-refractivity contribution is 0.0650. The SMILES string of the molecule is Cc1cc(F)ccc1-c1ccc(C(=O)N2CCC(C(=O)c3ccc(O)cc3)CC2)cc1F. The number of amides is 1. The molecule has 0 radical (unpaired) electrons. The number of rotatable bonds is 4. The lowest BCUT2D eigenvalue weighted by Gasteiger charge is -2.31. The highest BCUT2D eigenvalue weighted by Gasteiger charge is 2.28. The third-order valence-corrected chi connectivity index (χ3v) is 6.00. The third-order valence-electron chi connectivity index (χ3n) is 6.00. The van der Waals surface area contributed by atoms with Gasteiger partial charge in [-0.05, 0) is 79.4 Å². The molecule has 1 heterocycles. The molecule has 4 nitrogen and oxygen atoms in total. The predicted molar refractivity (Wildman–Crippen MR) is 118 cm³/mol. The van der Waals surface area contributed by atoms with E-state index in [1.165, 1.54) is 36.4 Å². The summed E-state index contributed by atoms with van der Waals surface area (Å²) in [7, 11) is 0. The van der Waals surface area contributed by atoms with Crippen LogP contribution in [-0.4, -0.2) is 34.8 Å². The number of aromatic hydroxyl groups is 1. The van der Waals surface area contributed by atoms with E-state index in [1.54, 1.807) is 36.1 Å². The molecule has 0 aliphatic carbocycles. The van der Waals surface area contributed by atoms with E-state index in [0.717, 1.165) is 0 Å². The number of nitrogens with zero attached hydrogens (tertiary/aromatic N) is 1. The van der Waals surface area contributed by atoms with E-state index >= 15 is 0 Å². The van der Waals surface area contributed by atoms with Crippen molar-refractivity contribution in [3.05, 3.63) is 89.0 Å². The lowest BCUT2D eigenvalue weighted by atomic mass is 9.88. The molecule has 1 aliphatic rings. The summed E-state index contributed by atoms with van der Waals surface area (Å²) in [5.74, 6) is -1.28. The van der Waals surface area contributed by atoms with E-state index < -0.39 is 5.82 Å². The van der Waals surface area contributed by atoms with Gasteiger partial charge in [0.05, 0.1) is 0 Å². The second-order valence-corrected chi connectivity index (χ2v) is 8.13. The third kappa shape index (κ3) is 4.40. The Hall–Kier alpha value is -3.54. The van der Waals surface area contributed by atoms with Gasteiger partial charge >= 0.3 is 0 Å². The number of ketones is 1. The normalized spacial score (nSPS) is 14.4. The molecule has 0 bridgehead atoms. The standard InChI is InChI=1S/C26H23F2NO3/c1-16-14-20(27)5-9-22(16)23-8-4-19(15-24(23)28)26(32)29-12-10-18(11-13-29)25(31)17-2-6-21(30)7-3-17/h2-9,14-15,18,30H,10-13H2,1H3. The first-order chi connectivity index (χ1) is 15.3. The maximum absolute atomic E-state index is 14.8. The number of aryl methyl sites for hydroxylation is 1. The molecular formula is C26H23F2NO3. The van der Waals surface area contributed by atoms with Gasteiger partial charge in [-0.1, -0.05) is 12.1 Å². The first-order valence-corrected chi connectivity index (χ1v) is 10.5. The highest BCUT2D eigenvalue weighted by atomic mass is 19.1. The van der Waals surface area contributed by atoms with Crippen LogP contribution in [0.3, 0.4) is 0 Å². The molecule has 1 fully saturated rings. The molecular weight excluding hydrogens is 412 g/mol. The average molecular weight is 435 g/mol. The molecule has 0 atom stereocenters. The number of halogens is 2. The smallest absolute Gasteiger partial charge is 0.253 e. The summed E-state index contributed by atoms with van der Waals surface area (Å²) in [6.45, 7) is 2.53. The molecule has 0 spiro atoms. The molecule has 0 unspecified atom stereocenters. The van der Waals surface area contributed by atoms with Gasteiger partial charge in [-0.2, -0.15) is 0 Å². The first-order valence-electron chi connectivity index (χ1n) is 10.5. The summed E-state index contributed by atoms with van der Waals surface area (Å²) < 4.78 is 28.2. The van der Waals surface area contributed by atoms with Crippen LogP contribution in [0, 0.1) is 24.5 Å². The molecule has 3 aromatic rings. The minimum absolute atomic E-state index is 0.00200. The van der Waals surface area contributed by atoms with Gasteiger partial charge in [-0.15, -0.1) is 0 Å². The summed E-state index contributed by atoms with van der Waals surface area (Å²) in [6, 6.07) is 14.7. The van der Waals surface area contributed by atoms with E-state index in [2.05, 4.69) is 0 Å². The van der Waals surface area contributed by atoms with Crippen molar-refractivity contribution in [2.75, 3.05) is 13.1 Å². The lowest BCUT2D eigenvalue weighted by Crippen LogP contribution is -2.40. The fraction of sp³-hybridized carbons (Fsp3) is 0.231. The molecule has 6 heteroatoms. The van der Waals surface area contributed by atoms with Crippen molar-refractivity contribution in [1.82, 2.24) is 4.90 Å². The fourth-order valence-corrected chi connectivity index (χ4v) is 4.18. The maximum Gasteiger partial charge on any atom is 0.253 e. The topological polar surface area (TPSA) is 57.6 Å². The summed E-state index contributed by atoms with van der Waals surface area (Å²) >= 11 is 0. The van der Waals surface area contributed by atoms with Crippen LogP contribution in [0.5, 0.6) is 5.75 Å². The molecule has 0 saturated carbocycles. The highest BCUT2D eigenvalue weighted by Crippen LogP contribution is 2.29. The quantitative estimate of drug-likeness (QED) is 0.560. The number of phenolic OH excluding ortho intramolecular Hbond substituents is 1. The van der Waals surface area contributed by atoms with Crippen LogP contribution in [0.15, 0.2) is 60.7 Å². The van der Waals surface area contributed by atoms with Gasteiger partial charge in [0, 0.05) is 35.7 Å². The van der Waals surface area contributed by atoms with Gasteiger partial charge in [0.25, 0.3) is 5.91 Å². The first kappa shape index (κ1) is 21.7. The summed E-state index contributed by atoms with van der Waals surface area (Å²) in [6.07, 6.45) is 1.06. The van der Waals surface area contributed by atoms with Crippen LogP contribution in [-0.2, 0) is 0 Å². The zero-order valence-corrected chi connectivity index (χ0v) is 17.6. The van der Waals surface area contributed by atoms with Crippen molar-refractivity contribution in [3.8, 4) is 16.9 Å². The van der Waals surface area contributed by atoms with E-state index in [-0.39, 0.29) is 34.7 Å². The Bertz CT molecular complexity index is 1170. The highest BCUT2D eigenvalue weighted by molar-refractivity contribution is 5.98. The molecule has 1 amide bonds. The van der Waals surface area contributed by atoms with E-state index in [9.17, 15) is 23.5 Å². The largest absolute Gasteiger partial charge is 0.508 e. The minimum atomic E-state index is -0.539. The van der Waals surface area contributed by atoms with Crippen LogP contribution in [0.4, 0.5) is 8.78 Å².